The molecule has 0 aliphatic rings. The minimum absolute atomic E-state index is 0.0253. The summed E-state index contributed by atoms with van der Waals surface area (Å²) in [5.41, 5.74) is 0. The molecule has 0 aromatic carbocycles. The summed E-state index contributed by atoms with van der Waals surface area (Å²) in [6, 6.07) is -0.728. The fourth-order valence-electron chi connectivity index (χ4n) is 8.04. The summed E-state index contributed by atoms with van der Waals surface area (Å²) in [5.74, 6) is -0.549. The Hall–Kier alpha value is -2.70. The van der Waals surface area contributed by atoms with Gasteiger partial charge in [-0.3, -0.25) is 9.59 Å². The number of hydrogen-bond acceptors (Lipinski definition) is 5. The number of ether oxygens (including phenoxy) is 1. The fraction of sp³-hybridized carbons (Fsp3) is 0.759. The lowest BCUT2D eigenvalue weighted by Crippen LogP contribution is -2.46. The number of hydrogen-bond donors (Lipinski definition) is 3. The summed E-state index contributed by atoms with van der Waals surface area (Å²) in [6.45, 7) is 6.32. The lowest BCUT2D eigenvalue weighted by atomic mass is 10.0. The van der Waals surface area contributed by atoms with Crippen LogP contribution in [0.2, 0.25) is 0 Å². The molecule has 0 aliphatic carbocycles. The van der Waals surface area contributed by atoms with Gasteiger partial charge in [0.25, 0.3) is 0 Å². The van der Waals surface area contributed by atoms with Gasteiger partial charge in [-0.25, -0.2) is 0 Å². The maximum atomic E-state index is 13.2. The van der Waals surface area contributed by atoms with E-state index in [0.29, 0.717) is 19.3 Å². The number of esters is 1. The van der Waals surface area contributed by atoms with Crippen LogP contribution in [0.1, 0.15) is 258 Å². The molecule has 0 fully saturated rings. The maximum absolute atomic E-state index is 13.2. The fourth-order valence-corrected chi connectivity index (χ4v) is 8.04. The van der Waals surface area contributed by atoms with E-state index in [2.05, 4.69) is 50.4 Å². The van der Waals surface area contributed by atoms with E-state index in [-0.39, 0.29) is 24.9 Å². The molecule has 0 rings (SSSR count). The molecule has 0 spiro atoms. The molecular formula is C58H103NO5. The largest absolute Gasteiger partial charge is 0.462 e. The molecule has 0 aromatic heterocycles. The number of amides is 1. The molecule has 3 atom stereocenters. The van der Waals surface area contributed by atoms with Crippen LogP contribution >= 0.6 is 0 Å². The Kier molecular flexibility index (Phi) is 49.1. The summed E-state index contributed by atoms with van der Waals surface area (Å²) < 4.78 is 5.90. The first kappa shape index (κ1) is 61.3. The van der Waals surface area contributed by atoms with Crippen LogP contribution in [-0.4, -0.2) is 46.9 Å². The van der Waals surface area contributed by atoms with Crippen LogP contribution in [0.15, 0.2) is 72.9 Å². The molecule has 370 valence electrons. The Balaban J connectivity index is 4.60. The first-order valence-electron chi connectivity index (χ1n) is 27.2. The molecule has 64 heavy (non-hydrogen) atoms. The molecule has 0 heterocycles. The molecule has 3 N–H and O–H groups in total. The van der Waals surface area contributed by atoms with Crippen molar-refractivity contribution >= 4 is 11.9 Å². The van der Waals surface area contributed by atoms with Gasteiger partial charge in [-0.05, 0) is 64.2 Å². The Bertz CT molecular complexity index is 1190. The molecule has 6 heteroatoms. The number of unbranched alkanes of at least 4 members (excludes halogenated alkanes) is 28. The first-order chi connectivity index (χ1) is 31.5. The number of carbonyl (C=O) groups is 2. The molecule has 3 unspecified atom stereocenters. The van der Waals surface area contributed by atoms with Crippen LogP contribution in [0.5, 0.6) is 0 Å². The highest BCUT2D eigenvalue weighted by Gasteiger charge is 2.24. The van der Waals surface area contributed by atoms with E-state index in [4.69, 9.17) is 4.74 Å². The van der Waals surface area contributed by atoms with Crippen LogP contribution in [0.25, 0.3) is 0 Å². The van der Waals surface area contributed by atoms with E-state index in [1.807, 2.05) is 48.6 Å². The van der Waals surface area contributed by atoms with E-state index in [1.54, 1.807) is 0 Å². The van der Waals surface area contributed by atoms with Gasteiger partial charge in [0.15, 0.2) is 0 Å². The third-order valence-electron chi connectivity index (χ3n) is 12.1. The average molecular weight is 894 g/mol. The van der Waals surface area contributed by atoms with Crippen molar-refractivity contribution in [2.24, 2.45) is 0 Å². The van der Waals surface area contributed by atoms with Gasteiger partial charge >= 0.3 is 5.97 Å². The topological polar surface area (TPSA) is 95.9 Å². The number of rotatable bonds is 48. The van der Waals surface area contributed by atoms with Crippen molar-refractivity contribution in [3.05, 3.63) is 72.9 Å². The molecule has 0 radical (unpaired) electrons. The van der Waals surface area contributed by atoms with Crippen molar-refractivity contribution < 1.29 is 24.5 Å². The minimum atomic E-state index is -0.810. The molecule has 0 aliphatic heterocycles. The highest BCUT2D eigenvalue weighted by atomic mass is 16.5. The van der Waals surface area contributed by atoms with Crippen molar-refractivity contribution in [1.29, 1.82) is 0 Å². The zero-order valence-corrected chi connectivity index (χ0v) is 42.1. The standard InChI is InChI=1S/C58H103NO5/c1-4-7-10-13-16-19-22-25-27-28-30-32-35-38-41-44-47-50-56(61)55(53-60)59-57(62)52-54(49-46-43-40-37-34-31-24-21-18-15-12-9-6-3)64-58(63)51-48-45-42-39-36-33-29-26-23-20-17-14-11-8-5-2/h9,12,15,18,20-21,23-24,31,34,37,40,54-56,60-61H,4-8,10-11,13-14,16-17,19,22,25-30,32-33,35-36,38-39,41-53H2,1-3H3,(H,59,62)/b12-9+,18-15+,23-20-,24-21-,34-31-,40-37+. The van der Waals surface area contributed by atoms with Gasteiger partial charge in [0.1, 0.15) is 6.10 Å². The number of carbonyl (C=O) groups excluding carboxylic acids is 2. The van der Waals surface area contributed by atoms with E-state index >= 15 is 0 Å². The second kappa shape index (κ2) is 51.3. The Morgan fingerprint density at radius 1 is 0.469 bits per heavy atom. The van der Waals surface area contributed by atoms with E-state index in [1.165, 1.54) is 154 Å². The van der Waals surface area contributed by atoms with Crippen LogP contribution in [0.3, 0.4) is 0 Å². The normalized spacial score (nSPS) is 13.8. The molecule has 0 bridgehead atoms. The van der Waals surface area contributed by atoms with E-state index in [0.717, 1.165) is 57.8 Å². The monoisotopic (exact) mass is 894 g/mol. The minimum Gasteiger partial charge on any atom is -0.462 e. The lowest BCUT2D eigenvalue weighted by molar-refractivity contribution is -0.151. The highest BCUT2D eigenvalue weighted by molar-refractivity contribution is 5.77. The smallest absolute Gasteiger partial charge is 0.306 e. The van der Waals surface area contributed by atoms with E-state index in [9.17, 15) is 19.8 Å². The van der Waals surface area contributed by atoms with Gasteiger partial charge in [0.2, 0.25) is 5.91 Å². The van der Waals surface area contributed by atoms with Crippen LogP contribution in [0.4, 0.5) is 0 Å². The van der Waals surface area contributed by atoms with Gasteiger partial charge in [-0.15, -0.1) is 0 Å². The van der Waals surface area contributed by atoms with Gasteiger partial charge < -0.3 is 20.3 Å². The van der Waals surface area contributed by atoms with Crippen LogP contribution in [-0.2, 0) is 14.3 Å². The van der Waals surface area contributed by atoms with Crippen LogP contribution < -0.4 is 5.32 Å². The third-order valence-corrected chi connectivity index (χ3v) is 12.1. The molecular weight excluding hydrogens is 791 g/mol. The number of allylic oxidation sites excluding steroid dienone is 12. The molecule has 6 nitrogen and oxygen atoms in total. The van der Waals surface area contributed by atoms with Gasteiger partial charge in [0, 0.05) is 6.42 Å². The zero-order chi connectivity index (χ0) is 46.7. The quantitative estimate of drug-likeness (QED) is 0.0245. The van der Waals surface area contributed by atoms with Crippen molar-refractivity contribution in [1.82, 2.24) is 5.32 Å². The zero-order valence-electron chi connectivity index (χ0n) is 42.1. The lowest BCUT2D eigenvalue weighted by Gasteiger charge is -2.24. The van der Waals surface area contributed by atoms with Gasteiger partial charge in [0.05, 0.1) is 25.2 Å². The summed E-state index contributed by atoms with van der Waals surface area (Å²) in [7, 11) is 0. The SMILES string of the molecule is CC/C=C/C=C/C=C\C=C/C=C/CCCC(CC(=O)NC(CO)C(O)CCCCCCCCCCCCCCCCCCC)OC(=O)CCCCCCCCC/C=C\CCCCCC. The molecule has 0 saturated heterocycles. The summed E-state index contributed by atoms with van der Waals surface area (Å²) >= 11 is 0. The van der Waals surface area contributed by atoms with Gasteiger partial charge in [-0.2, -0.15) is 0 Å². The Morgan fingerprint density at radius 2 is 0.875 bits per heavy atom. The molecule has 1 amide bonds. The number of aliphatic hydroxyl groups excluding tert-OH is 2. The first-order valence-corrected chi connectivity index (χ1v) is 27.2. The maximum Gasteiger partial charge on any atom is 0.306 e. The van der Waals surface area contributed by atoms with Crippen LogP contribution in [0, 0.1) is 0 Å². The predicted molar refractivity (Wildman–Crippen MR) is 278 cm³/mol. The average Bonchev–Trinajstić information content (AvgIpc) is 3.29. The second-order valence-corrected chi connectivity index (χ2v) is 18.4. The van der Waals surface area contributed by atoms with Crippen molar-refractivity contribution in [3.63, 3.8) is 0 Å². The van der Waals surface area contributed by atoms with Gasteiger partial charge in [-0.1, -0.05) is 254 Å². The number of nitrogens with one attached hydrogen (secondary N) is 1. The summed E-state index contributed by atoms with van der Waals surface area (Å²) in [6.07, 6.45) is 65.4. The summed E-state index contributed by atoms with van der Waals surface area (Å²) in [5, 5.41) is 23.8. The Labute approximate surface area is 396 Å². The predicted octanol–water partition coefficient (Wildman–Crippen LogP) is 16.6. The Morgan fingerprint density at radius 3 is 1.36 bits per heavy atom. The van der Waals surface area contributed by atoms with Crippen molar-refractivity contribution in [2.45, 2.75) is 277 Å². The highest BCUT2D eigenvalue weighted by Crippen LogP contribution is 2.17. The van der Waals surface area contributed by atoms with Crippen molar-refractivity contribution in [3.8, 4) is 0 Å². The molecule has 0 aromatic rings. The van der Waals surface area contributed by atoms with Crippen molar-refractivity contribution in [2.75, 3.05) is 6.61 Å². The summed E-state index contributed by atoms with van der Waals surface area (Å²) in [4.78, 5) is 26.2. The molecule has 0 saturated carbocycles. The third kappa shape index (κ3) is 45.9. The van der Waals surface area contributed by atoms with E-state index < -0.39 is 18.2 Å². The second-order valence-electron chi connectivity index (χ2n) is 18.4. The number of aliphatic hydroxyl groups is 2.